The summed E-state index contributed by atoms with van der Waals surface area (Å²) in [7, 11) is 0. The van der Waals surface area contributed by atoms with Crippen molar-refractivity contribution >= 4 is 33.6 Å². The lowest BCUT2D eigenvalue weighted by molar-refractivity contribution is 0.273. The molecule has 0 spiro atoms. The van der Waals surface area contributed by atoms with Gasteiger partial charge in [-0.2, -0.15) is 0 Å². The average molecular weight is 253 g/mol. The van der Waals surface area contributed by atoms with Crippen molar-refractivity contribution in [2.45, 2.75) is 12.8 Å². The van der Waals surface area contributed by atoms with E-state index in [1.54, 1.807) is 0 Å². The summed E-state index contributed by atoms with van der Waals surface area (Å²) in [5.74, 6) is 2.55. The Kier molecular flexibility index (Phi) is 4.32. The Labute approximate surface area is 105 Å². The standard InChI is InChI=1S/C12H15NOS2/c1-9(8-14)10-2-4-11(5-3-10)13-12-15-6-7-16-12/h2-5,9,14H,6-8H2,1H3. The van der Waals surface area contributed by atoms with Gasteiger partial charge >= 0.3 is 0 Å². The van der Waals surface area contributed by atoms with Gasteiger partial charge in [0.15, 0.2) is 0 Å². The fourth-order valence-electron chi connectivity index (χ4n) is 1.45. The minimum Gasteiger partial charge on any atom is -0.396 e. The molecule has 1 heterocycles. The molecule has 2 nitrogen and oxygen atoms in total. The molecule has 0 saturated carbocycles. The van der Waals surface area contributed by atoms with Gasteiger partial charge in [-0.05, 0) is 17.7 Å². The number of nitrogens with zero attached hydrogens (tertiary/aromatic N) is 1. The summed E-state index contributed by atoms with van der Waals surface area (Å²) in [6.45, 7) is 2.21. The minimum atomic E-state index is 0.194. The Morgan fingerprint density at radius 1 is 1.25 bits per heavy atom. The summed E-state index contributed by atoms with van der Waals surface area (Å²) >= 11 is 3.65. The highest BCUT2D eigenvalue weighted by Gasteiger charge is 2.09. The highest BCUT2D eigenvalue weighted by molar-refractivity contribution is 8.41. The van der Waals surface area contributed by atoms with Crippen LogP contribution in [0.25, 0.3) is 0 Å². The SMILES string of the molecule is CC(CO)c1ccc(N=C2SCCS2)cc1. The molecule has 4 heteroatoms. The first kappa shape index (κ1) is 12.0. The summed E-state index contributed by atoms with van der Waals surface area (Å²) in [4.78, 5) is 4.56. The van der Waals surface area contributed by atoms with E-state index in [9.17, 15) is 0 Å². The maximum atomic E-state index is 9.05. The van der Waals surface area contributed by atoms with Gasteiger partial charge in [0.25, 0.3) is 0 Å². The number of aliphatic hydroxyl groups is 1. The van der Waals surface area contributed by atoms with Crippen LogP contribution in [-0.4, -0.2) is 27.6 Å². The van der Waals surface area contributed by atoms with E-state index in [0.717, 1.165) is 11.3 Å². The zero-order valence-corrected chi connectivity index (χ0v) is 10.9. The van der Waals surface area contributed by atoms with Gasteiger partial charge < -0.3 is 5.11 Å². The first-order valence-corrected chi connectivity index (χ1v) is 7.32. The summed E-state index contributed by atoms with van der Waals surface area (Å²) in [5.41, 5.74) is 2.17. The van der Waals surface area contributed by atoms with Crippen LogP contribution < -0.4 is 0 Å². The molecular weight excluding hydrogens is 238 g/mol. The molecule has 0 aromatic heterocycles. The van der Waals surface area contributed by atoms with Crippen molar-refractivity contribution < 1.29 is 5.11 Å². The molecule has 1 saturated heterocycles. The van der Waals surface area contributed by atoms with Crippen molar-refractivity contribution in [2.75, 3.05) is 18.1 Å². The molecule has 1 fully saturated rings. The second-order valence-corrected chi connectivity index (χ2v) is 6.18. The molecular formula is C12H15NOS2. The van der Waals surface area contributed by atoms with Crippen molar-refractivity contribution in [1.82, 2.24) is 0 Å². The maximum absolute atomic E-state index is 9.05. The third-order valence-electron chi connectivity index (χ3n) is 2.49. The van der Waals surface area contributed by atoms with Crippen LogP contribution in [-0.2, 0) is 0 Å². The fraction of sp³-hybridized carbons (Fsp3) is 0.417. The monoisotopic (exact) mass is 253 g/mol. The predicted octanol–water partition coefficient (Wildman–Crippen LogP) is 3.25. The van der Waals surface area contributed by atoms with E-state index < -0.39 is 0 Å². The Balaban J connectivity index is 2.10. The first-order chi connectivity index (χ1) is 7.79. The lowest BCUT2D eigenvalue weighted by Gasteiger charge is -2.07. The Bertz CT molecular complexity index is 367. The molecule has 1 unspecified atom stereocenters. The lowest BCUT2D eigenvalue weighted by atomic mass is 10.0. The lowest BCUT2D eigenvalue weighted by Crippen LogP contribution is -1.97. The molecule has 86 valence electrons. The summed E-state index contributed by atoms with van der Waals surface area (Å²) in [6.07, 6.45) is 0. The van der Waals surface area contributed by atoms with E-state index in [-0.39, 0.29) is 12.5 Å². The molecule has 0 bridgehead atoms. The molecule has 1 aliphatic heterocycles. The van der Waals surface area contributed by atoms with Crippen LogP contribution in [0.3, 0.4) is 0 Å². The van der Waals surface area contributed by atoms with E-state index in [4.69, 9.17) is 5.11 Å². The molecule has 0 aliphatic carbocycles. The molecule has 1 aromatic rings. The normalized spacial score (nSPS) is 17.5. The van der Waals surface area contributed by atoms with Crippen LogP contribution in [0.2, 0.25) is 0 Å². The Morgan fingerprint density at radius 3 is 2.44 bits per heavy atom. The van der Waals surface area contributed by atoms with Gasteiger partial charge in [-0.3, -0.25) is 0 Å². The number of aliphatic hydroxyl groups excluding tert-OH is 1. The summed E-state index contributed by atoms with van der Waals surface area (Å²) < 4.78 is 1.17. The first-order valence-electron chi connectivity index (χ1n) is 5.34. The van der Waals surface area contributed by atoms with E-state index in [1.165, 1.54) is 15.9 Å². The van der Waals surface area contributed by atoms with Gasteiger partial charge in [-0.25, -0.2) is 4.99 Å². The molecule has 0 radical (unpaired) electrons. The van der Waals surface area contributed by atoms with Crippen LogP contribution in [0.15, 0.2) is 29.3 Å². The zero-order chi connectivity index (χ0) is 11.4. The molecule has 1 aromatic carbocycles. The van der Waals surface area contributed by atoms with Gasteiger partial charge in [0.05, 0.1) is 5.69 Å². The molecule has 1 atom stereocenters. The number of hydrogen-bond donors (Lipinski definition) is 1. The maximum Gasteiger partial charge on any atom is 0.130 e. The number of thioether (sulfide) groups is 2. The summed E-state index contributed by atoms with van der Waals surface area (Å²) in [5, 5.41) is 9.05. The Morgan fingerprint density at radius 2 is 1.88 bits per heavy atom. The number of benzene rings is 1. The number of aliphatic imine (C=N–C) groups is 1. The predicted molar refractivity (Wildman–Crippen MR) is 74.0 cm³/mol. The van der Waals surface area contributed by atoms with Gasteiger partial charge in [-0.15, -0.1) is 0 Å². The third-order valence-corrected chi connectivity index (χ3v) is 4.95. The van der Waals surface area contributed by atoms with Gasteiger partial charge in [-0.1, -0.05) is 42.6 Å². The number of hydrogen-bond acceptors (Lipinski definition) is 4. The van der Waals surface area contributed by atoms with Crippen molar-refractivity contribution in [3.8, 4) is 0 Å². The second kappa shape index (κ2) is 5.75. The van der Waals surface area contributed by atoms with Crippen LogP contribution >= 0.6 is 23.5 Å². The van der Waals surface area contributed by atoms with Crippen LogP contribution in [0.1, 0.15) is 18.4 Å². The average Bonchev–Trinajstić information content (AvgIpc) is 2.82. The van der Waals surface area contributed by atoms with Gasteiger partial charge in [0.1, 0.15) is 4.38 Å². The van der Waals surface area contributed by atoms with Crippen LogP contribution in [0, 0.1) is 0 Å². The van der Waals surface area contributed by atoms with Crippen LogP contribution in [0.4, 0.5) is 5.69 Å². The molecule has 2 rings (SSSR count). The highest BCUT2D eigenvalue weighted by atomic mass is 32.2. The van der Waals surface area contributed by atoms with Crippen molar-refractivity contribution in [3.05, 3.63) is 29.8 Å². The highest BCUT2D eigenvalue weighted by Crippen LogP contribution is 2.29. The smallest absolute Gasteiger partial charge is 0.130 e. The summed E-state index contributed by atoms with van der Waals surface area (Å²) in [6, 6.07) is 8.14. The quantitative estimate of drug-likeness (QED) is 0.897. The zero-order valence-electron chi connectivity index (χ0n) is 9.22. The Hall–Kier alpha value is -0.450. The van der Waals surface area contributed by atoms with E-state index in [1.807, 2.05) is 54.7 Å². The van der Waals surface area contributed by atoms with Crippen molar-refractivity contribution in [3.63, 3.8) is 0 Å². The molecule has 1 N–H and O–H groups in total. The topological polar surface area (TPSA) is 32.6 Å². The van der Waals surface area contributed by atoms with Gasteiger partial charge in [0.2, 0.25) is 0 Å². The third kappa shape index (κ3) is 3.03. The second-order valence-electron chi connectivity index (χ2n) is 3.75. The fourth-order valence-corrected chi connectivity index (χ4v) is 3.64. The minimum absolute atomic E-state index is 0.194. The van der Waals surface area contributed by atoms with E-state index in [2.05, 4.69) is 4.99 Å². The van der Waals surface area contributed by atoms with Gasteiger partial charge in [0, 0.05) is 24.0 Å². The van der Waals surface area contributed by atoms with E-state index in [0.29, 0.717) is 0 Å². The molecule has 1 aliphatic rings. The van der Waals surface area contributed by atoms with Crippen molar-refractivity contribution in [1.29, 1.82) is 0 Å². The molecule has 0 amide bonds. The number of rotatable bonds is 3. The van der Waals surface area contributed by atoms with E-state index >= 15 is 0 Å². The molecule has 16 heavy (non-hydrogen) atoms. The van der Waals surface area contributed by atoms with Crippen LogP contribution in [0.5, 0.6) is 0 Å². The van der Waals surface area contributed by atoms with Crippen molar-refractivity contribution in [2.24, 2.45) is 4.99 Å². The largest absolute Gasteiger partial charge is 0.396 e.